The number of carbonyl (C=O) groups excluding carboxylic acids is 1. The molecule has 0 bridgehead atoms. The van der Waals surface area contributed by atoms with Crippen molar-refractivity contribution in [2.45, 2.75) is 38.5 Å². The van der Waals surface area contributed by atoms with Crippen LogP contribution < -0.4 is 25.4 Å². The average molecular weight is 411 g/mol. The van der Waals surface area contributed by atoms with Crippen molar-refractivity contribution in [3.8, 4) is 11.5 Å². The van der Waals surface area contributed by atoms with Crippen LogP contribution in [-0.4, -0.2) is 38.2 Å². The van der Waals surface area contributed by atoms with Crippen molar-refractivity contribution in [2.24, 2.45) is 4.99 Å². The standard InChI is InChI=1S/C23H30N4O3/c1-23(2)13-19(18-7-5-6-8-20(18)30-23)27-22(24-3)26-15-21(28)25-14-16-9-11-17(29-4)12-10-16/h5-12,19H,13-15H2,1-4H3,(H,25,28)(H2,24,26,27). The quantitative estimate of drug-likeness (QED) is 0.504. The summed E-state index contributed by atoms with van der Waals surface area (Å²) in [4.78, 5) is 16.5. The third-order valence-corrected chi connectivity index (χ3v) is 4.98. The maximum Gasteiger partial charge on any atom is 0.239 e. The van der Waals surface area contributed by atoms with Crippen molar-refractivity contribution in [2.75, 3.05) is 20.7 Å². The fourth-order valence-corrected chi connectivity index (χ4v) is 3.46. The lowest BCUT2D eigenvalue weighted by molar-refractivity contribution is -0.120. The topological polar surface area (TPSA) is 84.0 Å². The van der Waals surface area contributed by atoms with Gasteiger partial charge in [0.05, 0.1) is 19.7 Å². The second-order valence-electron chi connectivity index (χ2n) is 7.85. The monoisotopic (exact) mass is 410 g/mol. The molecule has 160 valence electrons. The normalized spacial score (nSPS) is 17.3. The molecule has 1 aliphatic rings. The van der Waals surface area contributed by atoms with Gasteiger partial charge in [-0.25, -0.2) is 0 Å². The van der Waals surface area contributed by atoms with Crippen LogP contribution in [0.1, 0.15) is 37.4 Å². The minimum Gasteiger partial charge on any atom is -0.497 e. The van der Waals surface area contributed by atoms with Gasteiger partial charge in [-0.2, -0.15) is 0 Å². The summed E-state index contributed by atoms with van der Waals surface area (Å²) in [6, 6.07) is 15.6. The number of fused-ring (bicyclic) bond motifs is 1. The first-order valence-electron chi connectivity index (χ1n) is 10.0. The van der Waals surface area contributed by atoms with E-state index in [-0.39, 0.29) is 24.1 Å². The fourth-order valence-electron chi connectivity index (χ4n) is 3.46. The predicted molar refractivity (Wildman–Crippen MR) is 118 cm³/mol. The second kappa shape index (κ2) is 9.52. The van der Waals surface area contributed by atoms with Crippen LogP contribution in [0.5, 0.6) is 11.5 Å². The Balaban J connectivity index is 1.52. The van der Waals surface area contributed by atoms with Gasteiger partial charge >= 0.3 is 0 Å². The number of guanidine groups is 1. The number of carbonyl (C=O) groups is 1. The molecule has 30 heavy (non-hydrogen) atoms. The van der Waals surface area contributed by atoms with Crippen molar-refractivity contribution in [1.29, 1.82) is 0 Å². The molecule has 0 fully saturated rings. The van der Waals surface area contributed by atoms with Crippen LogP contribution >= 0.6 is 0 Å². The van der Waals surface area contributed by atoms with E-state index in [0.717, 1.165) is 29.0 Å². The summed E-state index contributed by atoms with van der Waals surface area (Å²) in [6.45, 7) is 4.73. The molecule has 0 saturated heterocycles. The Morgan fingerprint density at radius 1 is 1.17 bits per heavy atom. The van der Waals surface area contributed by atoms with Gasteiger partial charge in [0, 0.05) is 25.6 Å². The van der Waals surface area contributed by atoms with Gasteiger partial charge < -0.3 is 25.4 Å². The Bertz CT molecular complexity index is 894. The number of benzene rings is 2. The molecule has 0 spiro atoms. The number of methoxy groups -OCH3 is 1. The van der Waals surface area contributed by atoms with Crippen molar-refractivity contribution < 1.29 is 14.3 Å². The van der Waals surface area contributed by atoms with E-state index in [1.165, 1.54) is 0 Å². The van der Waals surface area contributed by atoms with Gasteiger partial charge in [-0.3, -0.25) is 9.79 Å². The van der Waals surface area contributed by atoms with Gasteiger partial charge in [-0.05, 0) is 37.6 Å². The van der Waals surface area contributed by atoms with E-state index in [4.69, 9.17) is 9.47 Å². The van der Waals surface area contributed by atoms with E-state index < -0.39 is 0 Å². The minimum absolute atomic E-state index is 0.0403. The Kier molecular flexibility index (Phi) is 6.82. The molecule has 1 heterocycles. The molecule has 0 aliphatic carbocycles. The molecule has 0 aromatic heterocycles. The van der Waals surface area contributed by atoms with Crippen molar-refractivity contribution in [3.63, 3.8) is 0 Å². The third-order valence-electron chi connectivity index (χ3n) is 4.98. The molecule has 7 heteroatoms. The zero-order valence-corrected chi connectivity index (χ0v) is 18.0. The molecule has 0 radical (unpaired) electrons. The lowest BCUT2D eigenvalue weighted by atomic mass is 9.90. The Labute approximate surface area is 177 Å². The zero-order valence-electron chi connectivity index (χ0n) is 18.0. The van der Waals surface area contributed by atoms with Crippen LogP contribution in [0.25, 0.3) is 0 Å². The van der Waals surface area contributed by atoms with Crippen molar-refractivity contribution >= 4 is 11.9 Å². The molecule has 1 amide bonds. The summed E-state index contributed by atoms with van der Waals surface area (Å²) in [5.74, 6) is 2.13. The van der Waals surface area contributed by atoms with Crippen LogP contribution in [0.3, 0.4) is 0 Å². The molecule has 3 rings (SSSR count). The highest BCUT2D eigenvalue weighted by Gasteiger charge is 2.33. The van der Waals surface area contributed by atoms with Crippen LogP contribution in [0.2, 0.25) is 0 Å². The van der Waals surface area contributed by atoms with E-state index in [1.807, 2.05) is 42.5 Å². The highest BCUT2D eigenvalue weighted by atomic mass is 16.5. The number of aliphatic imine (C=N–C) groups is 1. The third kappa shape index (κ3) is 5.65. The molecule has 1 aliphatic heterocycles. The largest absolute Gasteiger partial charge is 0.497 e. The number of hydrogen-bond donors (Lipinski definition) is 3. The minimum atomic E-state index is -0.291. The van der Waals surface area contributed by atoms with Crippen LogP contribution in [-0.2, 0) is 11.3 Å². The zero-order chi connectivity index (χ0) is 21.6. The average Bonchev–Trinajstić information content (AvgIpc) is 2.74. The number of hydrogen-bond acceptors (Lipinski definition) is 4. The number of nitrogens with one attached hydrogen (secondary N) is 3. The number of para-hydroxylation sites is 1. The number of ether oxygens (including phenoxy) is 2. The van der Waals surface area contributed by atoms with Crippen LogP contribution in [0, 0.1) is 0 Å². The summed E-state index contributed by atoms with van der Waals surface area (Å²) < 4.78 is 11.2. The first-order chi connectivity index (χ1) is 14.4. The lowest BCUT2D eigenvalue weighted by Gasteiger charge is -2.38. The van der Waals surface area contributed by atoms with Gasteiger partial charge in [0.1, 0.15) is 17.1 Å². The summed E-state index contributed by atoms with van der Waals surface area (Å²) >= 11 is 0. The number of rotatable bonds is 6. The van der Waals surface area contributed by atoms with Gasteiger partial charge in [0.25, 0.3) is 0 Å². The summed E-state index contributed by atoms with van der Waals surface area (Å²) in [5.41, 5.74) is 1.80. The number of nitrogens with zero attached hydrogens (tertiary/aromatic N) is 1. The van der Waals surface area contributed by atoms with E-state index in [1.54, 1.807) is 14.2 Å². The predicted octanol–water partition coefficient (Wildman–Crippen LogP) is 2.78. The molecule has 3 N–H and O–H groups in total. The van der Waals surface area contributed by atoms with Gasteiger partial charge in [0.2, 0.25) is 5.91 Å². The van der Waals surface area contributed by atoms with Gasteiger partial charge in [-0.1, -0.05) is 30.3 Å². The Hall–Kier alpha value is -3.22. The smallest absolute Gasteiger partial charge is 0.239 e. The molecule has 2 aromatic rings. The maximum absolute atomic E-state index is 12.3. The highest BCUT2D eigenvalue weighted by Crippen LogP contribution is 2.39. The molecule has 1 atom stereocenters. The second-order valence-corrected chi connectivity index (χ2v) is 7.85. The molecule has 7 nitrogen and oxygen atoms in total. The van der Waals surface area contributed by atoms with E-state index in [2.05, 4.69) is 40.9 Å². The molecule has 0 saturated carbocycles. The van der Waals surface area contributed by atoms with E-state index in [0.29, 0.717) is 12.5 Å². The van der Waals surface area contributed by atoms with Crippen molar-refractivity contribution in [1.82, 2.24) is 16.0 Å². The van der Waals surface area contributed by atoms with Crippen LogP contribution in [0.4, 0.5) is 0 Å². The van der Waals surface area contributed by atoms with E-state index in [9.17, 15) is 4.79 Å². The lowest BCUT2D eigenvalue weighted by Crippen LogP contribution is -2.47. The van der Waals surface area contributed by atoms with Crippen molar-refractivity contribution in [3.05, 3.63) is 59.7 Å². The maximum atomic E-state index is 12.3. The Morgan fingerprint density at radius 3 is 2.60 bits per heavy atom. The first kappa shape index (κ1) is 21.5. The van der Waals surface area contributed by atoms with Gasteiger partial charge in [0.15, 0.2) is 5.96 Å². The number of amides is 1. The Morgan fingerprint density at radius 2 is 1.90 bits per heavy atom. The SMILES string of the molecule is CN=C(NCC(=O)NCc1ccc(OC)cc1)NC1CC(C)(C)Oc2ccccc21. The molecular weight excluding hydrogens is 380 g/mol. The molecular formula is C23H30N4O3. The summed E-state index contributed by atoms with van der Waals surface area (Å²) in [5, 5.41) is 9.42. The first-order valence-corrected chi connectivity index (χ1v) is 10.0. The summed E-state index contributed by atoms with van der Waals surface area (Å²) in [7, 11) is 3.32. The molecule has 2 aromatic carbocycles. The van der Waals surface area contributed by atoms with E-state index >= 15 is 0 Å². The van der Waals surface area contributed by atoms with Gasteiger partial charge in [-0.15, -0.1) is 0 Å². The summed E-state index contributed by atoms with van der Waals surface area (Å²) in [6.07, 6.45) is 0.786. The molecule has 1 unspecified atom stereocenters. The highest BCUT2D eigenvalue weighted by molar-refractivity contribution is 5.86. The fraction of sp³-hybridized carbons (Fsp3) is 0.391. The van der Waals surface area contributed by atoms with Crippen LogP contribution in [0.15, 0.2) is 53.5 Å².